The van der Waals surface area contributed by atoms with Gasteiger partial charge < -0.3 is 36.9 Å². The molecule has 0 fully saturated rings. The monoisotopic (exact) mass is 551 g/mol. The topological polar surface area (TPSA) is 187 Å². The van der Waals surface area contributed by atoms with E-state index in [4.69, 9.17) is 5.73 Å². The Labute approximate surface area is 232 Å². The highest BCUT2D eigenvalue weighted by atomic mass is 16.4. The van der Waals surface area contributed by atoms with Gasteiger partial charge in [-0.25, -0.2) is 4.79 Å². The van der Waals surface area contributed by atoms with Crippen molar-refractivity contribution in [3.8, 4) is 5.75 Å². The number of nitrogens with two attached hydrogens (primary N) is 1. The fourth-order valence-corrected chi connectivity index (χ4v) is 4.25. The van der Waals surface area contributed by atoms with Gasteiger partial charge in [0.2, 0.25) is 17.7 Å². The number of aromatic nitrogens is 1. The number of para-hydroxylation sites is 1. The van der Waals surface area contributed by atoms with Crippen molar-refractivity contribution in [2.75, 3.05) is 0 Å². The third-order valence-electron chi connectivity index (χ3n) is 7.03. The third kappa shape index (κ3) is 7.82. The van der Waals surface area contributed by atoms with Gasteiger partial charge in [-0.15, -0.1) is 0 Å². The Morgan fingerprint density at radius 3 is 2.17 bits per heavy atom. The van der Waals surface area contributed by atoms with Crippen LogP contribution in [0.5, 0.6) is 5.75 Å². The average Bonchev–Trinajstić information content (AvgIpc) is 3.34. The van der Waals surface area contributed by atoms with E-state index in [1.165, 1.54) is 19.1 Å². The van der Waals surface area contributed by atoms with Gasteiger partial charge in [-0.1, -0.05) is 50.6 Å². The Bertz CT molecular complexity index is 1340. The molecule has 40 heavy (non-hydrogen) atoms. The lowest BCUT2D eigenvalue weighted by atomic mass is 9.99. The number of aromatic hydroxyl groups is 1. The first-order chi connectivity index (χ1) is 19.0. The minimum absolute atomic E-state index is 0.0327. The highest BCUT2D eigenvalue weighted by molar-refractivity contribution is 5.94. The predicted octanol–water partition coefficient (Wildman–Crippen LogP) is 1.59. The lowest BCUT2D eigenvalue weighted by Gasteiger charge is -2.24. The average molecular weight is 552 g/mol. The number of aromatic amines is 1. The summed E-state index contributed by atoms with van der Waals surface area (Å²) in [5, 5.41) is 28.0. The van der Waals surface area contributed by atoms with Crippen LogP contribution in [0.15, 0.2) is 54.7 Å². The number of nitrogens with one attached hydrogen (secondary N) is 4. The Morgan fingerprint density at radius 2 is 1.52 bits per heavy atom. The van der Waals surface area contributed by atoms with Gasteiger partial charge in [0, 0.05) is 29.9 Å². The molecule has 5 unspecified atom stereocenters. The third-order valence-corrected chi connectivity index (χ3v) is 7.03. The first-order valence-electron chi connectivity index (χ1n) is 13.2. The van der Waals surface area contributed by atoms with Crippen molar-refractivity contribution in [2.24, 2.45) is 11.7 Å². The van der Waals surface area contributed by atoms with Crippen LogP contribution in [0, 0.1) is 5.92 Å². The fourth-order valence-electron chi connectivity index (χ4n) is 4.25. The SMILES string of the molecule is CCC(C)C(N)C(=O)NC(C)C(=O)NC(Cc1c[nH]c2ccccc12)C(=O)NC(Cc1ccc(O)cc1)C(=O)O. The van der Waals surface area contributed by atoms with Crippen LogP contribution in [0.1, 0.15) is 38.3 Å². The number of carbonyl (C=O) groups is 4. The summed E-state index contributed by atoms with van der Waals surface area (Å²) in [4.78, 5) is 54.2. The van der Waals surface area contributed by atoms with Crippen LogP contribution in [-0.4, -0.2) is 63.1 Å². The van der Waals surface area contributed by atoms with Crippen LogP contribution >= 0.6 is 0 Å². The number of rotatable bonds is 13. The van der Waals surface area contributed by atoms with E-state index in [-0.39, 0.29) is 24.5 Å². The Kier molecular flexibility index (Phi) is 10.3. The summed E-state index contributed by atoms with van der Waals surface area (Å²) in [7, 11) is 0. The van der Waals surface area contributed by atoms with Crippen molar-refractivity contribution >= 4 is 34.6 Å². The molecule has 0 aliphatic heterocycles. The Morgan fingerprint density at radius 1 is 0.875 bits per heavy atom. The summed E-state index contributed by atoms with van der Waals surface area (Å²) in [5.41, 5.74) is 8.17. The summed E-state index contributed by atoms with van der Waals surface area (Å²) < 4.78 is 0. The van der Waals surface area contributed by atoms with Crippen LogP contribution in [0.25, 0.3) is 10.9 Å². The smallest absolute Gasteiger partial charge is 0.326 e. The molecule has 0 aliphatic carbocycles. The standard InChI is InChI=1S/C29H37N5O6/c1-4-16(2)25(30)28(38)32-17(3)26(36)33-23(14-19-15-31-22-8-6-5-7-21(19)22)27(37)34-24(29(39)40)13-18-9-11-20(35)12-10-18/h5-12,15-17,23-25,31,35H,4,13-14,30H2,1-3H3,(H,32,38)(H,33,36)(H,34,37)(H,39,40). The molecule has 11 heteroatoms. The molecule has 0 aliphatic rings. The number of phenolic OH excluding ortho intramolecular Hbond substituents is 1. The number of carboxylic acid groups (broad SMARTS) is 1. The van der Waals surface area contributed by atoms with Gasteiger partial charge in [-0.3, -0.25) is 14.4 Å². The number of phenols is 1. The Hall–Kier alpha value is -4.38. The number of carbonyl (C=O) groups excluding carboxylic acids is 3. The quantitative estimate of drug-likeness (QED) is 0.168. The van der Waals surface area contributed by atoms with Crippen LogP contribution in [0.4, 0.5) is 0 Å². The molecule has 1 aromatic heterocycles. The van der Waals surface area contributed by atoms with Gasteiger partial charge in [0.05, 0.1) is 6.04 Å². The molecule has 3 aromatic rings. The van der Waals surface area contributed by atoms with Gasteiger partial charge in [-0.2, -0.15) is 0 Å². The van der Waals surface area contributed by atoms with Crippen molar-refractivity contribution in [3.63, 3.8) is 0 Å². The van der Waals surface area contributed by atoms with Gasteiger partial charge in [-0.05, 0) is 42.2 Å². The number of benzene rings is 2. The molecular weight excluding hydrogens is 514 g/mol. The molecule has 214 valence electrons. The highest BCUT2D eigenvalue weighted by Crippen LogP contribution is 2.19. The van der Waals surface area contributed by atoms with Crippen LogP contribution in [0.2, 0.25) is 0 Å². The predicted molar refractivity (Wildman–Crippen MR) is 150 cm³/mol. The molecular formula is C29H37N5O6. The second kappa shape index (κ2) is 13.6. The molecule has 0 radical (unpaired) electrons. The van der Waals surface area contributed by atoms with Crippen LogP contribution in [0.3, 0.4) is 0 Å². The molecule has 11 nitrogen and oxygen atoms in total. The van der Waals surface area contributed by atoms with Crippen LogP contribution in [-0.2, 0) is 32.0 Å². The maximum absolute atomic E-state index is 13.4. The summed E-state index contributed by atoms with van der Waals surface area (Å²) >= 11 is 0. The van der Waals surface area contributed by atoms with E-state index in [1.807, 2.05) is 38.1 Å². The van der Waals surface area contributed by atoms with Gasteiger partial charge in [0.1, 0.15) is 23.9 Å². The van der Waals surface area contributed by atoms with Crippen molar-refractivity contribution in [2.45, 2.75) is 64.2 Å². The van der Waals surface area contributed by atoms with Crippen molar-refractivity contribution in [1.29, 1.82) is 0 Å². The van der Waals surface area contributed by atoms with E-state index < -0.39 is 47.9 Å². The van der Waals surface area contributed by atoms with E-state index >= 15 is 0 Å². The number of carboxylic acids is 1. The number of hydrogen-bond acceptors (Lipinski definition) is 6. The summed E-state index contributed by atoms with van der Waals surface area (Å²) in [6.45, 7) is 5.24. The van der Waals surface area contributed by atoms with Crippen molar-refractivity contribution in [1.82, 2.24) is 20.9 Å². The molecule has 0 saturated carbocycles. The lowest BCUT2D eigenvalue weighted by molar-refractivity contribution is -0.142. The molecule has 5 atom stereocenters. The zero-order valence-corrected chi connectivity index (χ0v) is 22.8. The second-order valence-corrected chi connectivity index (χ2v) is 10.0. The second-order valence-electron chi connectivity index (χ2n) is 10.0. The maximum Gasteiger partial charge on any atom is 0.326 e. The molecule has 3 amide bonds. The van der Waals surface area contributed by atoms with E-state index in [1.54, 1.807) is 18.3 Å². The zero-order chi connectivity index (χ0) is 29.4. The first-order valence-corrected chi connectivity index (χ1v) is 13.2. The van der Waals surface area contributed by atoms with Crippen molar-refractivity contribution in [3.05, 3.63) is 65.9 Å². The molecule has 2 aromatic carbocycles. The normalized spacial score (nSPS) is 14.9. The maximum atomic E-state index is 13.4. The number of amides is 3. The van der Waals surface area contributed by atoms with E-state index in [9.17, 15) is 29.4 Å². The van der Waals surface area contributed by atoms with E-state index in [2.05, 4.69) is 20.9 Å². The summed E-state index contributed by atoms with van der Waals surface area (Å²) in [6.07, 6.45) is 2.46. The number of H-pyrrole nitrogens is 1. The summed E-state index contributed by atoms with van der Waals surface area (Å²) in [6, 6.07) is 9.25. The summed E-state index contributed by atoms with van der Waals surface area (Å²) in [5.74, 6) is -3.09. The Balaban J connectivity index is 1.79. The van der Waals surface area contributed by atoms with Crippen LogP contribution < -0.4 is 21.7 Å². The lowest BCUT2D eigenvalue weighted by Crippen LogP contribution is -2.57. The minimum Gasteiger partial charge on any atom is -0.508 e. The number of hydrogen-bond donors (Lipinski definition) is 7. The van der Waals surface area contributed by atoms with E-state index in [0.717, 1.165) is 16.5 Å². The van der Waals surface area contributed by atoms with E-state index in [0.29, 0.717) is 12.0 Å². The highest BCUT2D eigenvalue weighted by Gasteiger charge is 2.30. The van der Waals surface area contributed by atoms with Crippen molar-refractivity contribution < 1.29 is 29.4 Å². The minimum atomic E-state index is -1.29. The largest absolute Gasteiger partial charge is 0.508 e. The number of aliphatic carboxylic acids is 1. The van der Waals surface area contributed by atoms with Gasteiger partial charge >= 0.3 is 5.97 Å². The van der Waals surface area contributed by atoms with Gasteiger partial charge in [0.25, 0.3) is 0 Å². The molecule has 1 heterocycles. The fraction of sp³-hybridized carbons (Fsp3) is 0.379. The molecule has 0 saturated heterocycles. The molecule has 0 bridgehead atoms. The zero-order valence-electron chi connectivity index (χ0n) is 22.8. The van der Waals surface area contributed by atoms with Gasteiger partial charge in [0.15, 0.2) is 0 Å². The number of fused-ring (bicyclic) bond motifs is 1. The molecule has 0 spiro atoms. The molecule has 3 rings (SSSR count). The first kappa shape index (κ1) is 30.2. The molecule has 8 N–H and O–H groups in total.